The van der Waals surface area contributed by atoms with E-state index in [-0.39, 0.29) is 7.92 Å². The minimum Gasteiger partial charge on any atom is -0.305 e. The fraction of sp³-hybridized carbons (Fsp3) is 1.00. The molecule has 0 amide bonds. The molecule has 1 unspecified atom stereocenters. The second-order valence-corrected chi connectivity index (χ2v) is 6.65. The van der Waals surface area contributed by atoms with Gasteiger partial charge < -0.3 is 4.90 Å². The van der Waals surface area contributed by atoms with E-state index >= 15 is 0 Å². The van der Waals surface area contributed by atoms with E-state index in [1.54, 1.807) is 0 Å². The van der Waals surface area contributed by atoms with E-state index in [1.165, 1.54) is 25.8 Å². The van der Waals surface area contributed by atoms with Gasteiger partial charge in [-0.25, -0.2) is 0 Å². The van der Waals surface area contributed by atoms with Crippen molar-refractivity contribution < 1.29 is 0 Å². The minimum absolute atomic E-state index is 0.258. The fourth-order valence-electron chi connectivity index (χ4n) is 1.76. The van der Waals surface area contributed by atoms with Crippen LogP contribution in [0.4, 0.5) is 0 Å². The molecule has 0 spiro atoms. The molecule has 0 aromatic rings. The van der Waals surface area contributed by atoms with Crippen LogP contribution in [0.3, 0.4) is 0 Å². The molecule has 3 heteroatoms. The van der Waals surface area contributed by atoms with Crippen LogP contribution in [0.15, 0.2) is 0 Å². The number of hydrogen-bond acceptors (Lipinski definition) is 2. The van der Waals surface area contributed by atoms with Crippen LogP contribution in [0.2, 0.25) is 0 Å². The summed E-state index contributed by atoms with van der Waals surface area (Å²) in [5, 5.41) is 0. The molecule has 0 aromatic carbocycles. The lowest BCUT2D eigenvalue weighted by Crippen LogP contribution is -2.31. The van der Waals surface area contributed by atoms with Crippen molar-refractivity contribution in [2.75, 3.05) is 46.8 Å². The van der Waals surface area contributed by atoms with Gasteiger partial charge in [-0.15, -0.1) is 0 Å². The van der Waals surface area contributed by atoms with E-state index < -0.39 is 0 Å². The smallest absolute Gasteiger partial charge is 0.0229 e. The Labute approximate surface area is 77.7 Å². The summed E-state index contributed by atoms with van der Waals surface area (Å²) in [5.41, 5.74) is 0. The average Bonchev–Trinajstić information content (AvgIpc) is 2.34. The Morgan fingerprint density at radius 2 is 2.08 bits per heavy atom. The van der Waals surface area contributed by atoms with Gasteiger partial charge in [-0.05, 0) is 33.8 Å². The SMILES string of the molecule is CN(C)C1CCN(CP(C)C)C1. The predicted molar refractivity (Wildman–Crippen MR) is 57.3 cm³/mol. The third kappa shape index (κ3) is 3.01. The first-order valence-corrected chi connectivity index (χ1v) is 7.05. The molecule has 1 heterocycles. The molecule has 1 rings (SSSR count). The molecule has 0 aliphatic carbocycles. The van der Waals surface area contributed by atoms with Crippen LogP contribution < -0.4 is 0 Å². The van der Waals surface area contributed by atoms with Gasteiger partial charge in [0.1, 0.15) is 0 Å². The molecule has 0 radical (unpaired) electrons. The van der Waals surface area contributed by atoms with Crippen molar-refractivity contribution >= 4 is 7.92 Å². The van der Waals surface area contributed by atoms with Crippen LogP contribution in [0.1, 0.15) is 6.42 Å². The molecule has 1 aliphatic rings. The van der Waals surface area contributed by atoms with E-state index in [0.29, 0.717) is 0 Å². The Bertz CT molecular complexity index is 136. The molecule has 1 saturated heterocycles. The summed E-state index contributed by atoms with van der Waals surface area (Å²) in [7, 11) is 4.64. The monoisotopic (exact) mass is 188 g/mol. The maximum Gasteiger partial charge on any atom is 0.0229 e. The summed E-state index contributed by atoms with van der Waals surface area (Å²) in [6, 6.07) is 0.806. The molecule has 0 bridgehead atoms. The van der Waals surface area contributed by atoms with Gasteiger partial charge in [0.15, 0.2) is 0 Å². The van der Waals surface area contributed by atoms with Crippen molar-refractivity contribution in [3.63, 3.8) is 0 Å². The number of likely N-dealkylation sites (N-methyl/N-ethyl adjacent to an activating group) is 1. The summed E-state index contributed by atoms with van der Waals surface area (Å²) in [5.74, 6) is 0. The van der Waals surface area contributed by atoms with Crippen LogP contribution >= 0.6 is 7.92 Å². The lowest BCUT2D eigenvalue weighted by atomic mass is 10.2. The molecule has 1 fully saturated rings. The Morgan fingerprint density at radius 1 is 1.42 bits per heavy atom. The Morgan fingerprint density at radius 3 is 2.50 bits per heavy atom. The van der Waals surface area contributed by atoms with Crippen LogP contribution in [-0.4, -0.2) is 62.6 Å². The lowest BCUT2D eigenvalue weighted by Gasteiger charge is -2.21. The van der Waals surface area contributed by atoms with Crippen molar-refractivity contribution in [1.29, 1.82) is 0 Å². The second kappa shape index (κ2) is 4.55. The first-order chi connectivity index (χ1) is 5.59. The van der Waals surface area contributed by atoms with E-state index in [2.05, 4.69) is 37.2 Å². The van der Waals surface area contributed by atoms with Gasteiger partial charge in [0.2, 0.25) is 0 Å². The summed E-state index contributed by atoms with van der Waals surface area (Å²) in [6.07, 6.45) is 2.69. The molecule has 2 nitrogen and oxygen atoms in total. The van der Waals surface area contributed by atoms with Crippen molar-refractivity contribution in [3.05, 3.63) is 0 Å². The van der Waals surface area contributed by atoms with Crippen LogP contribution in [-0.2, 0) is 0 Å². The Balaban J connectivity index is 2.26. The topological polar surface area (TPSA) is 6.48 Å². The maximum absolute atomic E-state index is 2.61. The normalized spacial score (nSPS) is 26.0. The van der Waals surface area contributed by atoms with Crippen molar-refractivity contribution in [2.24, 2.45) is 0 Å². The van der Waals surface area contributed by atoms with Gasteiger partial charge in [-0.2, -0.15) is 0 Å². The fourth-order valence-corrected chi connectivity index (χ4v) is 2.82. The summed E-state index contributed by atoms with van der Waals surface area (Å²) in [6.45, 7) is 7.31. The highest BCUT2D eigenvalue weighted by Crippen LogP contribution is 2.27. The minimum atomic E-state index is 0.258. The first-order valence-electron chi connectivity index (χ1n) is 4.63. The highest BCUT2D eigenvalue weighted by molar-refractivity contribution is 7.55. The second-order valence-electron chi connectivity index (χ2n) is 4.20. The summed E-state index contributed by atoms with van der Waals surface area (Å²) >= 11 is 0. The standard InChI is InChI=1S/C9H21N2P/c1-10(2)9-5-6-11(7-9)8-12(3)4/h9H,5-8H2,1-4H3. The van der Waals surface area contributed by atoms with Gasteiger partial charge in [0.25, 0.3) is 0 Å². The molecule has 0 N–H and O–H groups in total. The molecule has 0 aromatic heterocycles. The maximum atomic E-state index is 2.61. The van der Waals surface area contributed by atoms with E-state index in [9.17, 15) is 0 Å². The third-order valence-corrected chi connectivity index (χ3v) is 3.43. The molecular weight excluding hydrogens is 167 g/mol. The summed E-state index contributed by atoms with van der Waals surface area (Å²) in [4.78, 5) is 4.96. The van der Waals surface area contributed by atoms with E-state index in [4.69, 9.17) is 0 Å². The van der Waals surface area contributed by atoms with Gasteiger partial charge >= 0.3 is 0 Å². The van der Waals surface area contributed by atoms with Crippen LogP contribution in [0, 0.1) is 0 Å². The number of rotatable bonds is 3. The first kappa shape index (κ1) is 10.4. The number of likely N-dealkylation sites (tertiary alicyclic amines) is 1. The molecule has 12 heavy (non-hydrogen) atoms. The zero-order valence-electron chi connectivity index (χ0n) is 8.75. The molecule has 72 valence electrons. The van der Waals surface area contributed by atoms with Gasteiger partial charge in [-0.3, -0.25) is 4.90 Å². The lowest BCUT2D eigenvalue weighted by molar-refractivity contribution is 0.285. The molecule has 1 atom stereocenters. The quantitative estimate of drug-likeness (QED) is 0.616. The largest absolute Gasteiger partial charge is 0.305 e. The van der Waals surface area contributed by atoms with Crippen molar-refractivity contribution in [2.45, 2.75) is 12.5 Å². The average molecular weight is 188 g/mol. The predicted octanol–water partition coefficient (Wildman–Crippen LogP) is 1.32. The van der Waals surface area contributed by atoms with E-state index in [0.717, 1.165) is 6.04 Å². The zero-order chi connectivity index (χ0) is 9.14. The Kier molecular flexibility index (Phi) is 3.95. The highest BCUT2D eigenvalue weighted by atomic mass is 31.1. The number of nitrogens with zero attached hydrogens (tertiary/aromatic N) is 2. The third-order valence-electron chi connectivity index (χ3n) is 2.46. The van der Waals surface area contributed by atoms with Gasteiger partial charge in [-0.1, -0.05) is 7.92 Å². The molecule has 1 aliphatic heterocycles. The van der Waals surface area contributed by atoms with Crippen molar-refractivity contribution in [3.8, 4) is 0 Å². The highest BCUT2D eigenvalue weighted by Gasteiger charge is 2.23. The van der Waals surface area contributed by atoms with Crippen molar-refractivity contribution in [1.82, 2.24) is 9.80 Å². The van der Waals surface area contributed by atoms with E-state index in [1.807, 2.05) is 0 Å². The Hall–Kier alpha value is 0.350. The molecular formula is C9H21N2P. The number of hydrogen-bond donors (Lipinski definition) is 0. The van der Waals surface area contributed by atoms with Crippen LogP contribution in [0.25, 0.3) is 0 Å². The van der Waals surface area contributed by atoms with Gasteiger partial charge in [0, 0.05) is 25.4 Å². The van der Waals surface area contributed by atoms with Gasteiger partial charge in [0.05, 0.1) is 0 Å². The zero-order valence-corrected chi connectivity index (χ0v) is 9.64. The van der Waals surface area contributed by atoms with Crippen LogP contribution in [0.5, 0.6) is 0 Å². The molecule has 0 saturated carbocycles. The summed E-state index contributed by atoms with van der Waals surface area (Å²) < 4.78 is 0.